The molecule has 0 radical (unpaired) electrons. The van der Waals surface area contributed by atoms with E-state index >= 15 is 0 Å². The number of nitrogens with one attached hydrogen (secondary N) is 1. The smallest absolute Gasteiger partial charge is 0.286 e. The van der Waals surface area contributed by atoms with Crippen LogP contribution in [-0.4, -0.2) is 21.4 Å². The first-order chi connectivity index (χ1) is 11.7. The number of amides is 2. The molecule has 1 aliphatic heterocycles. The molecule has 6 heteroatoms. The molecule has 1 fully saturated rings. The standard InChI is InChI=1S/C18H14N2O3S/c21-17-15(24-18(22)20-17)9-12-6-7-14-13(8-12)19-16(23-14)10-11-4-2-1-3-5-11/h1-8,15H,9-10H2,(H,20,21,22). The Labute approximate surface area is 142 Å². The molecule has 1 unspecified atom stereocenters. The number of hydrogen-bond acceptors (Lipinski definition) is 5. The fraction of sp³-hybridized carbons (Fsp3) is 0.167. The molecule has 1 aromatic heterocycles. The number of oxazole rings is 1. The number of hydrogen-bond donors (Lipinski definition) is 1. The Kier molecular flexibility index (Phi) is 3.82. The predicted molar refractivity (Wildman–Crippen MR) is 91.9 cm³/mol. The van der Waals surface area contributed by atoms with Gasteiger partial charge in [0, 0.05) is 6.42 Å². The van der Waals surface area contributed by atoms with E-state index in [1.807, 2.05) is 48.5 Å². The number of fused-ring (bicyclic) bond motifs is 1. The molecular weight excluding hydrogens is 324 g/mol. The molecule has 0 bridgehead atoms. The molecule has 0 aliphatic carbocycles. The van der Waals surface area contributed by atoms with E-state index < -0.39 is 0 Å². The summed E-state index contributed by atoms with van der Waals surface area (Å²) in [6, 6.07) is 15.7. The van der Waals surface area contributed by atoms with E-state index in [4.69, 9.17) is 4.42 Å². The number of carbonyl (C=O) groups is 2. The molecule has 0 spiro atoms. The molecular formula is C18H14N2O3S. The van der Waals surface area contributed by atoms with E-state index in [1.165, 1.54) is 0 Å². The minimum absolute atomic E-state index is 0.227. The molecule has 0 saturated carbocycles. The summed E-state index contributed by atoms with van der Waals surface area (Å²) in [5.74, 6) is 0.437. The average molecular weight is 338 g/mol. The van der Waals surface area contributed by atoms with Crippen LogP contribution in [0.25, 0.3) is 11.1 Å². The monoisotopic (exact) mass is 338 g/mol. The zero-order valence-electron chi connectivity index (χ0n) is 12.7. The molecule has 2 amide bonds. The van der Waals surface area contributed by atoms with Crippen LogP contribution in [0.3, 0.4) is 0 Å². The van der Waals surface area contributed by atoms with E-state index in [1.54, 1.807) is 0 Å². The van der Waals surface area contributed by atoms with Crippen LogP contribution in [0.2, 0.25) is 0 Å². The summed E-state index contributed by atoms with van der Waals surface area (Å²) < 4.78 is 5.79. The largest absolute Gasteiger partial charge is 0.440 e. The molecule has 1 N–H and O–H groups in total. The number of carbonyl (C=O) groups excluding carboxylic acids is 2. The normalized spacial score (nSPS) is 17.4. The second-order valence-electron chi connectivity index (χ2n) is 5.66. The highest BCUT2D eigenvalue weighted by Gasteiger charge is 2.31. The Balaban J connectivity index is 1.55. The lowest BCUT2D eigenvalue weighted by molar-refractivity contribution is -0.118. The van der Waals surface area contributed by atoms with Gasteiger partial charge >= 0.3 is 0 Å². The third kappa shape index (κ3) is 3.05. The third-order valence-electron chi connectivity index (χ3n) is 3.88. The first kappa shape index (κ1) is 15.0. The van der Waals surface area contributed by atoms with Crippen molar-refractivity contribution >= 4 is 34.0 Å². The van der Waals surface area contributed by atoms with Crippen LogP contribution in [0.5, 0.6) is 0 Å². The van der Waals surface area contributed by atoms with Crippen LogP contribution in [0.15, 0.2) is 52.9 Å². The molecule has 2 aromatic carbocycles. The van der Waals surface area contributed by atoms with Gasteiger partial charge in [-0.2, -0.15) is 0 Å². The highest BCUT2D eigenvalue weighted by atomic mass is 32.2. The van der Waals surface area contributed by atoms with E-state index in [9.17, 15) is 9.59 Å². The maximum absolute atomic E-state index is 11.7. The lowest BCUT2D eigenvalue weighted by atomic mass is 10.1. The first-order valence-corrected chi connectivity index (χ1v) is 8.49. The summed E-state index contributed by atoms with van der Waals surface area (Å²) in [5.41, 5.74) is 3.60. The van der Waals surface area contributed by atoms with Crippen LogP contribution < -0.4 is 5.32 Å². The summed E-state index contributed by atoms with van der Waals surface area (Å²) >= 11 is 1.04. The number of nitrogens with zero attached hydrogens (tertiary/aromatic N) is 1. The molecule has 120 valence electrons. The zero-order valence-corrected chi connectivity index (χ0v) is 13.5. The predicted octanol–water partition coefficient (Wildman–Crippen LogP) is 3.31. The van der Waals surface area contributed by atoms with Gasteiger partial charge in [-0.05, 0) is 29.7 Å². The molecule has 1 atom stereocenters. The van der Waals surface area contributed by atoms with Gasteiger partial charge in [0.2, 0.25) is 5.91 Å². The van der Waals surface area contributed by atoms with Crippen molar-refractivity contribution in [3.05, 3.63) is 65.5 Å². The minimum Gasteiger partial charge on any atom is -0.440 e. The summed E-state index contributed by atoms with van der Waals surface area (Å²) in [4.78, 5) is 27.5. The van der Waals surface area contributed by atoms with Crippen molar-refractivity contribution in [1.82, 2.24) is 10.3 Å². The van der Waals surface area contributed by atoms with Gasteiger partial charge < -0.3 is 4.42 Å². The van der Waals surface area contributed by atoms with Crippen molar-refractivity contribution in [3.8, 4) is 0 Å². The van der Waals surface area contributed by atoms with E-state index in [0.29, 0.717) is 18.7 Å². The third-order valence-corrected chi connectivity index (χ3v) is 4.86. The zero-order chi connectivity index (χ0) is 16.5. The van der Waals surface area contributed by atoms with Gasteiger partial charge in [0.25, 0.3) is 5.24 Å². The molecule has 3 aromatic rings. The lowest BCUT2D eigenvalue weighted by Crippen LogP contribution is -2.25. The number of imide groups is 1. The maximum Gasteiger partial charge on any atom is 0.286 e. The fourth-order valence-corrected chi connectivity index (χ4v) is 3.60. The molecule has 1 saturated heterocycles. The fourth-order valence-electron chi connectivity index (χ4n) is 2.74. The molecule has 1 aliphatic rings. The lowest BCUT2D eigenvalue weighted by Gasteiger charge is -2.04. The van der Waals surface area contributed by atoms with Gasteiger partial charge in [0.05, 0.1) is 5.25 Å². The number of rotatable bonds is 4. The van der Waals surface area contributed by atoms with E-state index in [2.05, 4.69) is 10.3 Å². The Hall–Kier alpha value is -2.60. The minimum atomic E-state index is -0.370. The average Bonchev–Trinajstić information content (AvgIpc) is 3.10. The molecule has 2 heterocycles. The van der Waals surface area contributed by atoms with Crippen LogP contribution in [0, 0.1) is 0 Å². The van der Waals surface area contributed by atoms with Crippen molar-refractivity contribution in [3.63, 3.8) is 0 Å². The van der Waals surface area contributed by atoms with Gasteiger partial charge in [0.15, 0.2) is 11.5 Å². The second kappa shape index (κ2) is 6.13. The van der Waals surface area contributed by atoms with Gasteiger partial charge in [-0.25, -0.2) is 4.98 Å². The van der Waals surface area contributed by atoms with Crippen molar-refractivity contribution in [1.29, 1.82) is 0 Å². The van der Waals surface area contributed by atoms with E-state index in [-0.39, 0.29) is 16.4 Å². The Morgan fingerprint density at radius 2 is 1.92 bits per heavy atom. The van der Waals surface area contributed by atoms with Crippen molar-refractivity contribution in [2.75, 3.05) is 0 Å². The van der Waals surface area contributed by atoms with Crippen molar-refractivity contribution < 1.29 is 14.0 Å². The topological polar surface area (TPSA) is 72.2 Å². The maximum atomic E-state index is 11.7. The van der Waals surface area contributed by atoms with Gasteiger partial charge in [0.1, 0.15) is 5.52 Å². The van der Waals surface area contributed by atoms with Crippen LogP contribution in [0.4, 0.5) is 4.79 Å². The molecule has 5 nitrogen and oxygen atoms in total. The number of aromatic nitrogens is 1. The van der Waals surface area contributed by atoms with Crippen LogP contribution >= 0.6 is 11.8 Å². The summed E-state index contributed by atoms with van der Waals surface area (Å²) in [5, 5.41) is 1.66. The Morgan fingerprint density at radius 1 is 1.08 bits per heavy atom. The van der Waals surface area contributed by atoms with Crippen molar-refractivity contribution in [2.45, 2.75) is 18.1 Å². The van der Waals surface area contributed by atoms with Gasteiger partial charge in [-0.3, -0.25) is 14.9 Å². The Morgan fingerprint density at radius 3 is 2.67 bits per heavy atom. The van der Waals surface area contributed by atoms with Crippen molar-refractivity contribution in [2.24, 2.45) is 0 Å². The SMILES string of the molecule is O=C1NC(=O)C(Cc2ccc3oc(Cc4ccccc4)nc3c2)S1. The highest BCUT2D eigenvalue weighted by molar-refractivity contribution is 8.15. The van der Waals surface area contributed by atoms with Crippen LogP contribution in [0.1, 0.15) is 17.0 Å². The second-order valence-corrected chi connectivity index (χ2v) is 6.83. The van der Waals surface area contributed by atoms with Gasteiger partial charge in [-0.1, -0.05) is 48.2 Å². The number of benzene rings is 2. The van der Waals surface area contributed by atoms with E-state index in [0.717, 1.165) is 34.0 Å². The summed E-state index contributed by atoms with van der Waals surface area (Å²) in [6.07, 6.45) is 1.14. The summed E-state index contributed by atoms with van der Waals surface area (Å²) in [7, 11) is 0. The quantitative estimate of drug-likeness (QED) is 0.790. The summed E-state index contributed by atoms with van der Waals surface area (Å²) in [6.45, 7) is 0. The number of thioether (sulfide) groups is 1. The molecule has 24 heavy (non-hydrogen) atoms. The van der Waals surface area contributed by atoms with Gasteiger partial charge in [-0.15, -0.1) is 0 Å². The Bertz CT molecular complexity index is 920. The highest BCUT2D eigenvalue weighted by Crippen LogP contribution is 2.25. The van der Waals surface area contributed by atoms with Crippen LogP contribution in [-0.2, 0) is 17.6 Å². The first-order valence-electron chi connectivity index (χ1n) is 7.61. The molecule has 4 rings (SSSR count).